The molecule has 38 heavy (non-hydrogen) atoms. The van der Waals surface area contributed by atoms with Crippen molar-refractivity contribution in [2.24, 2.45) is 5.92 Å². The minimum Gasteiger partial charge on any atom is -0.354 e. The molecule has 0 bridgehead atoms. The van der Waals surface area contributed by atoms with E-state index in [1.54, 1.807) is 25.1 Å². The maximum Gasteiger partial charge on any atom is 0.264 e. The number of amides is 2. The normalized spacial score (nSPS) is 12.2. The van der Waals surface area contributed by atoms with Gasteiger partial charge in [-0.3, -0.25) is 13.9 Å². The lowest BCUT2D eigenvalue weighted by Crippen LogP contribution is -2.51. The van der Waals surface area contributed by atoms with E-state index < -0.39 is 34.3 Å². The van der Waals surface area contributed by atoms with Gasteiger partial charge < -0.3 is 10.2 Å². The van der Waals surface area contributed by atoms with Gasteiger partial charge in [-0.2, -0.15) is 0 Å². The summed E-state index contributed by atoms with van der Waals surface area (Å²) < 4.78 is 42.7. The van der Waals surface area contributed by atoms with Crippen LogP contribution in [0.4, 0.5) is 10.1 Å². The molecule has 3 aromatic rings. The third-order valence-electron chi connectivity index (χ3n) is 5.82. The van der Waals surface area contributed by atoms with Crippen molar-refractivity contribution >= 4 is 43.5 Å². The Morgan fingerprint density at radius 3 is 2.21 bits per heavy atom. The predicted molar refractivity (Wildman–Crippen MR) is 149 cm³/mol. The number of hydrogen-bond donors (Lipinski definition) is 1. The van der Waals surface area contributed by atoms with E-state index in [0.29, 0.717) is 6.54 Å². The largest absolute Gasteiger partial charge is 0.354 e. The lowest BCUT2D eigenvalue weighted by atomic mass is 10.1. The molecule has 2 amide bonds. The Bertz CT molecular complexity index is 1350. The topological polar surface area (TPSA) is 86.8 Å². The lowest BCUT2D eigenvalue weighted by molar-refractivity contribution is -0.139. The Kier molecular flexibility index (Phi) is 10.0. The molecule has 0 spiro atoms. The minimum absolute atomic E-state index is 0.0154. The molecule has 3 rings (SSSR count). The van der Waals surface area contributed by atoms with Gasteiger partial charge in [-0.1, -0.05) is 60.1 Å². The van der Waals surface area contributed by atoms with E-state index in [-0.39, 0.29) is 29.0 Å². The monoisotopic (exact) mass is 603 g/mol. The number of carbonyl (C=O) groups excluding carboxylic acids is 2. The van der Waals surface area contributed by atoms with E-state index in [9.17, 15) is 22.4 Å². The molecule has 0 saturated carbocycles. The fraction of sp³-hybridized carbons (Fsp3) is 0.286. The fourth-order valence-electron chi connectivity index (χ4n) is 3.72. The smallest absolute Gasteiger partial charge is 0.264 e. The number of nitrogens with zero attached hydrogens (tertiary/aromatic N) is 2. The average molecular weight is 605 g/mol. The second kappa shape index (κ2) is 13.0. The highest BCUT2D eigenvalue weighted by Crippen LogP contribution is 2.25. The SMILES string of the molecule is CC(C)CNC(=O)[C@@H](C)N(Cc1cccc(Br)c1)C(=O)CN(c1ccc(F)cc1)S(=O)(=O)c1ccccc1. The number of hydrogen-bond acceptors (Lipinski definition) is 4. The van der Waals surface area contributed by atoms with Gasteiger partial charge in [0.05, 0.1) is 10.6 Å². The summed E-state index contributed by atoms with van der Waals surface area (Å²) in [5, 5.41) is 2.85. The third-order valence-corrected chi connectivity index (χ3v) is 8.10. The van der Waals surface area contributed by atoms with Crippen molar-refractivity contribution in [2.75, 3.05) is 17.4 Å². The highest BCUT2D eigenvalue weighted by atomic mass is 79.9. The Balaban J connectivity index is 1.99. The molecule has 0 aromatic heterocycles. The van der Waals surface area contributed by atoms with Crippen LogP contribution in [0, 0.1) is 11.7 Å². The molecule has 202 valence electrons. The van der Waals surface area contributed by atoms with Gasteiger partial charge in [0, 0.05) is 17.6 Å². The van der Waals surface area contributed by atoms with E-state index in [2.05, 4.69) is 21.2 Å². The van der Waals surface area contributed by atoms with E-state index in [1.165, 1.54) is 29.2 Å². The second-order valence-electron chi connectivity index (χ2n) is 9.27. The van der Waals surface area contributed by atoms with E-state index in [0.717, 1.165) is 26.5 Å². The van der Waals surface area contributed by atoms with E-state index in [1.807, 2.05) is 38.1 Å². The molecule has 0 aliphatic rings. The van der Waals surface area contributed by atoms with E-state index in [4.69, 9.17) is 0 Å². The maximum atomic E-state index is 13.8. The van der Waals surface area contributed by atoms with Gasteiger partial charge in [0.1, 0.15) is 18.4 Å². The summed E-state index contributed by atoms with van der Waals surface area (Å²) in [4.78, 5) is 28.1. The zero-order valence-corrected chi connectivity index (χ0v) is 23.9. The number of carbonyl (C=O) groups is 2. The zero-order chi connectivity index (χ0) is 27.9. The molecular formula is C28H31BrFN3O4S. The van der Waals surface area contributed by atoms with Crippen LogP contribution in [0.25, 0.3) is 0 Å². The number of benzene rings is 3. The first kappa shape index (κ1) is 29.3. The van der Waals surface area contributed by atoms with Crippen LogP contribution < -0.4 is 9.62 Å². The molecule has 0 heterocycles. The number of anilines is 1. The number of halogens is 2. The van der Waals surface area contributed by atoms with Gasteiger partial charge >= 0.3 is 0 Å². The Hall–Kier alpha value is -3.24. The summed E-state index contributed by atoms with van der Waals surface area (Å²) in [6.45, 7) is 5.47. The van der Waals surface area contributed by atoms with Crippen LogP contribution in [0.5, 0.6) is 0 Å². The number of sulfonamides is 1. The summed E-state index contributed by atoms with van der Waals surface area (Å²) in [7, 11) is -4.19. The molecule has 0 radical (unpaired) electrons. The summed E-state index contributed by atoms with van der Waals surface area (Å²) in [6.07, 6.45) is 0. The fourth-order valence-corrected chi connectivity index (χ4v) is 5.60. The molecule has 1 N–H and O–H groups in total. The van der Waals surface area contributed by atoms with Gasteiger partial charge in [-0.25, -0.2) is 12.8 Å². The van der Waals surface area contributed by atoms with Crippen LogP contribution in [-0.2, 0) is 26.2 Å². The third kappa shape index (κ3) is 7.64. The summed E-state index contributed by atoms with van der Waals surface area (Å²) in [6, 6.07) is 19.0. The summed E-state index contributed by atoms with van der Waals surface area (Å²) >= 11 is 3.42. The second-order valence-corrected chi connectivity index (χ2v) is 12.0. The number of nitrogens with one attached hydrogen (secondary N) is 1. The minimum atomic E-state index is -4.19. The predicted octanol–water partition coefficient (Wildman–Crippen LogP) is 4.97. The highest BCUT2D eigenvalue weighted by Gasteiger charge is 2.32. The van der Waals surface area contributed by atoms with Crippen molar-refractivity contribution in [1.29, 1.82) is 0 Å². The van der Waals surface area contributed by atoms with Crippen LogP contribution in [0.3, 0.4) is 0 Å². The van der Waals surface area contributed by atoms with Crippen LogP contribution >= 0.6 is 15.9 Å². The maximum absolute atomic E-state index is 13.8. The lowest BCUT2D eigenvalue weighted by Gasteiger charge is -2.32. The van der Waals surface area contributed by atoms with Gasteiger partial charge in [-0.05, 0) is 66.9 Å². The van der Waals surface area contributed by atoms with E-state index >= 15 is 0 Å². The van der Waals surface area contributed by atoms with Gasteiger partial charge in [0.25, 0.3) is 10.0 Å². The van der Waals surface area contributed by atoms with Crippen LogP contribution in [0.2, 0.25) is 0 Å². The van der Waals surface area contributed by atoms with Crippen LogP contribution in [0.15, 0.2) is 88.2 Å². The van der Waals surface area contributed by atoms with Gasteiger partial charge in [0.15, 0.2) is 0 Å². The molecular weight excluding hydrogens is 573 g/mol. The number of rotatable bonds is 11. The van der Waals surface area contributed by atoms with Crippen LogP contribution in [0.1, 0.15) is 26.3 Å². The van der Waals surface area contributed by atoms with Crippen molar-refractivity contribution in [3.05, 3.63) is 94.7 Å². The van der Waals surface area contributed by atoms with Crippen molar-refractivity contribution in [3.8, 4) is 0 Å². The standard InChI is InChI=1S/C28H31BrFN3O4S/c1-20(2)17-31-28(35)21(3)32(18-22-8-7-9-23(29)16-22)27(34)19-33(25-14-12-24(30)13-15-25)38(36,37)26-10-5-4-6-11-26/h4-16,20-21H,17-19H2,1-3H3,(H,31,35)/t21-/m1/s1. The summed E-state index contributed by atoms with van der Waals surface area (Å²) in [5.41, 5.74) is 0.887. The molecule has 0 saturated heterocycles. The summed E-state index contributed by atoms with van der Waals surface area (Å²) in [5.74, 6) is -1.25. The van der Waals surface area contributed by atoms with Crippen molar-refractivity contribution in [1.82, 2.24) is 10.2 Å². The van der Waals surface area contributed by atoms with Crippen molar-refractivity contribution in [3.63, 3.8) is 0 Å². The zero-order valence-electron chi connectivity index (χ0n) is 21.5. The first-order chi connectivity index (χ1) is 18.0. The Morgan fingerprint density at radius 2 is 1.61 bits per heavy atom. The Labute approximate surface area is 231 Å². The van der Waals surface area contributed by atoms with Crippen molar-refractivity contribution in [2.45, 2.75) is 38.3 Å². The molecule has 3 aromatic carbocycles. The van der Waals surface area contributed by atoms with Gasteiger partial charge in [-0.15, -0.1) is 0 Å². The molecule has 1 atom stereocenters. The highest BCUT2D eigenvalue weighted by molar-refractivity contribution is 9.10. The molecule has 10 heteroatoms. The van der Waals surface area contributed by atoms with Gasteiger partial charge in [0.2, 0.25) is 11.8 Å². The molecule has 0 aliphatic carbocycles. The first-order valence-corrected chi connectivity index (χ1v) is 14.4. The first-order valence-electron chi connectivity index (χ1n) is 12.1. The van der Waals surface area contributed by atoms with Crippen LogP contribution in [-0.4, -0.2) is 44.3 Å². The molecule has 0 unspecified atom stereocenters. The molecule has 0 aliphatic heterocycles. The quantitative estimate of drug-likeness (QED) is 0.335. The Morgan fingerprint density at radius 1 is 0.947 bits per heavy atom. The molecule has 7 nitrogen and oxygen atoms in total. The average Bonchev–Trinajstić information content (AvgIpc) is 2.89. The van der Waals surface area contributed by atoms with Crippen molar-refractivity contribution < 1.29 is 22.4 Å². The molecule has 0 fully saturated rings.